The maximum atomic E-state index is 10.6. The molecule has 1 fully saturated rings. The van der Waals surface area contributed by atoms with Crippen LogP contribution in [0.2, 0.25) is 0 Å². The second kappa shape index (κ2) is 5.51. The van der Waals surface area contributed by atoms with Crippen LogP contribution in [0.15, 0.2) is 48.5 Å². The van der Waals surface area contributed by atoms with Gasteiger partial charge in [-0.3, -0.25) is 10.1 Å². The predicted molar refractivity (Wildman–Crippen MR) is 74.6 cm³/mol. The van der Waals surface area contributed by atoms with E-state index in [9.17, 15) is 15.2 Å². The standard InChI is InChI=1S/C15H14N2O4/c18-13-4-2-1-3-12(13)15-16-9-14(21-15)10-5-7-11(8-6-10)17(19)20/h1-8,14-16,18H,9H2/p+1/t14-,15+/m0/s1. The van der Waals surface area contributed by atoms with Crippen LogP contribution >= 0.6 is 0 Å². The minimum Gasteiger partial charge on any atom is -0.507 e. The molecule has 2 aromatic carbocycles. The summed E-state index contributed by atoms with van der Waals surface area (Å²) in [5, 5.41) is 22.5. The highest BCUT2D eigenvalue weighted by atomic mass is 16.6. The van der Waals surface area contributed by atoms with Gasteiger partial charge in [0.1, 0.15) is 18.4 Å². The van der Waals surface area contributed by atoms with Crippen molar-refractivity contribution in [2.24, 2.45) is 0 Å². The molecule has 3 rings (SSSR count). The molecular formula is C15H15N2O4+. The highest BCUT2D eigenvalue weighted by Crippen LogP contribution is 2.30. The van der Waals surface area contributed by atoms with Crippen LogP contribution in [0.1, 0.15) is 23.5 Å². The van der Waals surface area contributed by atoms with Gasteiger partial charge in [0.15, 0.2) is 0 Å². The number of nitrogens with zero attached hydrogens (tertiary/aromatic N) is 1. The lowest BCUT2D eigenvalue weighted by Crippen LogP contribution is -2.82. The fraction of sp³-hybridized carbons (Fsp3) is 0.200. The third-order valence-corrected chi connectivity index (χ3v) is 3.59. The molecule has 6 nitrogen and oxygen atoms in total. The molecule has 108 valence electrons. The predicted octanol–water partition coefficient (Wildman–Crippen LogP) is 1.63. The maximum absolute atomic E-state index is 10.6. The minimum atomic E-state index is -0.420. The number of non-ortho nitro benzene ring substituents is 1. The third-order valence-electron chi connectivity index (χ3n) is 3.59. The molecule has 2 atom stereocenters. The summed E-state index contributed by atoms with van der Waals surface area (Å²) in [4.78, 5) is 10.2. The Bertz CT molecular complexity index is 657. The molecule has 0 spiro atoms. The van der Waals surface area contributed by atoms with Gasteiger partial charge in [0.2, 0.25) is 6.23 Å². The molecule has 21 heavy (non-hydrogen) atoms. The quantitative estimate of drug-likeness (QED) is 0.663. The van der Waals surface area contributed by atoms with Gasteiger partial charge in [0.05, 0.1) is 10.5 Å². The fourth-order valence-corrected chi connectivity index (χ4v) is 2.49. The van der Waals surface area contributed by atoms with Crippen LogP contribution in [0.5, 0.6) is 5.75 Å². The molecule has 3 N–H and O–H groups in total. The molecule has 0 saturated carbocycles. The molecule has 0 unspecified atom stereocenters. The first-order valence-electron chi connectivity index (χ1n) is 6.66. The van der Waals surface area contributed by atoms with E-state index in [4.69, 9.17) is 4.74 Å². The van der Waals surface area contributed by atoms with Crippen LogP contribution in [0.4, 0.5) is 5.69 Å². The number of benzene rings is 2. The van der Waals surface area contributed by atoms with Gasteiger partial charge in [-0.2, -0.15) is 0 Å². The van der Waals surface area contributed by atoms with E-state index in [0.29, 0.717) is 6.54 Å². The van der Waals surface area contributed by atoms with Crippen LogP contribution in [-0.2, 0) is 4.74 Å². The van der Waals surface area contributed by atoms with Gasteiger partial charge in [-0.25, -0.2) is 0 Å². The van der Waals surface area contributed by atoms with E-state index in [1.807, 2.05) is 17.4 Å². The number of aromatic hydroxyl groups is 1. The van der Waals surface area contributed by atoms with E-state index in [1.165, 1.54) is 12.1 Å². The Labute approximate surface area is 121 Å². The Morgan fingerprint density at radius 3 is 2.57 bits per heavy atom. The van der Waals surface area contributed by atoms with Gasteiger partial charge in [0, 0.05) is 12.1 Å². The molecule has 0 aliphatic carbocycles. The normalized spacial score (nSPS) is 21.3. The monoisotopic (exact) mass is 287 g/mol. The third kappa shape index (κ3) is 2.72. The second-order valence-electron chi connectivity index (χ2n) is 4.92. The smallest absolute Gasteiger partial charge is 0.269 e. The van der Waals surface area contributed by atoms with Crippen molar-refractivity contribution < 1.29 is 20.1 Å². The number of phenolic OH excluding ortho intramolecular Hbond substituents is 1. The van der Waals surface area contributed by atoms with Gasteiger partial charge in [-0.15, -0.1) is 0 Å². The van der Waals surface area contributed by atoms with Crippen molar-refractivity contribution in [3.05, 3.63) is 69.8 Å². The van der Waals surface area contributed by atoms with Crippen LogP contribution in [0.25, 0.3) is 0 Å². The summed E-state index contributed by atoms with van der Waals surface area (Å²) >= 11 is 0. The number of rotatable bonds is 3. The van der Waals surface area contributed by atoms with Gasteiger partial charge >= 0.3 is 0 Å². The molecule has 0 amide bonds. The van der Waals surface area contributed by atoms with Crippen molar-refractivity contribution in [2.75, 3.05) is 6.54 Å². The summed E-state index contributed by atoms with van der Waals surface area (Å²) in [6.45, 7) is 0.705. The Morgan fingerprint density at radius 1 is 1.19 bits per heavy atom. The lowest BCUT2D eigenvalue weighted by atomic mass is 10.1. The van der Waals surface area contributed by atoms with E-state index in [0.717, 1.165) is 11.1 Å². The van der Waals surface area contributed by atoms with Crippen molar-refractivity contribution in [1.29, 1.82) is 0 Å². The second-order valence-corrected chi connectivity index (χ2v) is 4.92. The lowest BCUT2D eigenvalue weighted by Gasteiger charge is -2.10. The van der Waals surface area contributed by atoms with Crippen molar-refractivity contribution in [3.8, 4) is 5.75 Å². The van der Waals surface area contributed by atoms with E-state index < -0.39 is 4.92 Å². The van der Waals surface area contributed by atoms with Crippen LogP contribution in [0, 0.1) is 10.1 Å². The molecule has 6 heteroatoms. The zero-order valence-corrected chi connectivity index (χ0v) is 11.2. The van der Waals surface area contributed by atoms with Gasteiger partial charge in [-0.05, 0) is 29.8 Å². The molecular weight excluding hydrogens is 272 g/mol. The summed E-state index contributed by atoms with van der Waals surface area (Å²) in [6, 6.07) is 13.5. The van der Waals surface area contributed by atoms with E-state index in [2.05, 4.69) is 0 Å². The zero-order valence-electron chi connectivity index (χ0n) is 11.2. The van der Waals surface area contributed by atoms with Crippen molar-refractivity contribution in [1.82, 2.24) is 0 Å². The fourth-order valence-electron chi connectivity index (χ4n) is 2.49. The first kappa shape index (κ1) is 13.5. The number of nitro benzene ring substituents is 1. The number of quaternary nitrogens is 1. The Kier molecular flexibility index (Phi) is 3.55. The van der Waals surface area contributed by atoms with Gasteiger partial charge in [0.25, 0.3) is 5.69 Å². The number of nitro groups is 1. The lowest BCUT2D eigenvalue weighted by molar-refractivity contribution is -0.698. The zero-order chi connectivity index (χ0) is 14.8. The van der Waals surface area contributed by atoms with Gasteiger partial charge in [-0.1, -0.05) is 12.1 Å². The first-order valence-corrected chi connectivity index (χ1v) is 6.66. The van der Waals surface area contributed by atoms with Crippen LogP contribution < -0.4 is 5.32 Å². The number of hydrogen-bond donors (Lipinski definition) is 2. The molecule has 0 aromatic heterocycles. The Morgan fingerprint density at radius 2 is 1.90 bits per heavy atom. The molecule has 1 aliphatic rings. The molecule has 1 saturated heterocycles. The summed E-state index contributed by atoms with van der Waals surface area (Å²) in [7, 11) is 0. The molecule has 1 aliphatic heterocycles. The largest absolute Gasteiger partial charge is 0.507 e. The number of phenols is 1. The minimum absolute atomic E-state index is 0.0676. The van der Waals surface area contributed by atoms with E-state index >= 15 is 0 Å². The number of hydrogen-bond acceptors (Lipinski definition) is 4. The SMILES string of the molecule is O=[N+]([O-])c1ccc([C@@H]2C[NH2+][C@@H](c3ccccc3O)O2)cc1. The number of para-hydroxylation sites is 1. The average Bonchev–Trinajstić information content (AvgIpc) is 2.97. The van der Waals surface area contributed by atoms with E-state index in [-0.39, 0.29) is 23.8 Å². The molecule has 0 bridgehead atoms. The van der Waals surface area contributed by atoms with Gasteiger partial charge < -0.3 is 15.2 Å². The average molecular weight is 287 g/mol. The first-order chi connectivity index (χ1) is 10.1. The summed E-state index contributed by atoms with van der Waals surface area (Å²) in [6.07, 6.45) is -0.401. The molecule has 0 radical (unpaired) electrons. The van der Waals surface area contributed by atoms with Crippen LogP contribution in [-0.4, -0.2) is 16.6 Å². The Hall–Kier alpha value is -2.44. The van der Waals surface area contributed by atoms with Crippen LogP contribution in [0.3, 0.4) is 0 Å². The van der Waals surface area contributed by atoms with Crippen molar-refractivity contribution in [2.45, 2.75) is 12.3 Å². The maximum Gasteiger partial charge on any atom is 0.269 e. The number of nitrogens with two attached hydrogens (primary N) is 1. The van der Waals surface area contributed by atoms with Crippen molar-refractivity contribution in [3.63, 3.8) is 0 Å². The van der Waals surface area contributed by atoms with E-state index in [1.54, 1.807) is 24.3 Å². The number of ether oxygens (including phenoxy) is 1. The molecule has 1 heterocycles. The Balaban J connectivity index is 1.75. The summed E-state index contributed by atoms with van der Waals surface area (Å²) in [5.41, 5.74) is 1.70. The topological polar surface area (TPSA) is 89.2 Å². The highest BCUT2D eigenvalue weighted by Gasteiger charge is 2.32. The summed E-state index contributed by atoms with van der Waals surface area (Å²) in [5.74, 6) is 0.211. The summed E-state index contributed by atoms with van der Waals surface area (Å²) < 4.78 is 5.93. The van der Waals surface area contributed by atoms with Crippen molar-refractivity contribution >= 4 is 5.69 Å². The molecule has 2 aromatic rings. The highest BCUT2D eigenvalue weighted by molar-refractivity contribution is 5.35.